The molecule has 7 nitrogen and oxygen atoms in total. The largest absolute Gasteiger partial charge is 0.496 e. The average molecular weight is 585 g/mol. The van der Waals surface area contributed by atoms with Gasteiger partial charge in [0.15, 0.2) is 9.84 Å². The molecule has 42 heavy (non-hydrogen) atoms. The van der Waals surface area contributed by atoms with E-state index < -0.39 is 26.6 Å². The number of benzene rings is 4. The van der Waals surface area contributed by atoms with Gasteiger partial charge in [0.25, 0.3) is 0 Å². The lowest BCUT2D eigenvalue weighted by molar-refractivity contribution is -0.139. The van der Waals surface area contributed by atoms with Crippen LogP contribution in [0.25, 0.3) is 11.1 Å². The number of anilines is 1. The lowest BCUT2D eigenvalue weighted by atomic mass is 9.94. The number of para-hydroxylation sites is 2. The summed E-state index contributed by atoms with van der Waals surface area (Å²) in [5.74, 6) is -0.253. The SMILES string of the molecule is COc1ccccc1-c1ccc(C[C@H](NCC2(S(=O)(=O)c3ccccc3)CCN(c3ccccc3)CC2)C(=O)O)cc1. The molecule has 1 aliphatic rings. The molecular weight excluding hydrogens is 548 g/mol. The Morgan fingerprint density at radius 1 is 0.881 bits per heavy atom. The van der Waals surface area contributed by atoms with Crippen LogP contribution in [0.4, 0.5) is 5.69 Å². The zero-order valence-corrected chi connectivity index (χ0v) is 24.5. The first-order valence-corrected chi connectivity index (χ1v) is 15.6. The number of hydrogen-bond acceptors (Lipinski definition) is 6. The first-order valence-electron chi connectivity index (χ1n) is 14.1. The van der Waals surface area contributed by atoms with Crippen molar-refractivity contribution in [2.45, 2.75) is 34.9 Å². The molecule has 0 unspecified atom stereocenters. The molecular formula is C34H36N2O5S. The summed E-state index contributed by atoms with van der Waals surface area (Å²) >= 11 is 0. The Morgan fingerprint density at radius 3 is 2.10 bits per heavy atom. The van der Waals surface area contributed by atoms with Gasteiger partial charge in [-0.25, -0.2) is 8.42 Å². The summed E-state index contributed by atoms with van der Waals surface area (Å²) in [6.07, 6.45) is 0.983. The Morgan fingerprint density at radius 2 is 1.48 bits per heavy atom. The Bertz CT molecular complexity index is 1580. The number of nitrogens with one attached hydrogen (secondary N) is 1. The van der Waals surface area contributed by atoms with E-state index in [1.807, 2.05) is 78.9 Å². The lowest BCUT2D eigenvalue weighted by Crippen LogP contribution is -2.57. The first kappa shape index (κ1) is 29.4. The minimum absolute atomic E-state index is 0.0448. The predicted octanol–water partition coefficient (Wildman–Crippen LogP) is 5.46. The number of nitrogens with zero attached hydrogens (tertiary/aromatic N) is 1. The van der Waals surface area contributed by atoms with Gasteiger partial charge in [-0.05, 0) is 60.7 Å². The summed E-state index contributed by atoms with van der Waals surface area (Å²) in [7, 11) is -2.13. The van der Waals surface area contributed by atoms with Gasteiger partial charge in [-0.3, -0.25) is 4.79 Å². The van der Waals surface area contributed by atoms with E-state index in [4.69, 9.17) is 4.74 Å². The van der Waals surface area contributed by atoms with Crippen LogP contribution in [-0.2, 0) is 21.1 Å². The third-order valence-corrected chi connectivity index (χ3v) is 10.8. The van der Waals surface area contributed by atoms with Crippen LogP contribution in [0.1, 0.15) is 18.4 Å². The second-order valence-corrected chi connectivity index (χ2v) is 13.0. The zero-order chi connectivity index (χ0) is 29.6. The van der Waals surface area contributed by atoms with Crippen LogP contribution in [0.5, 0.6) is 5.75 Å². The van der Waals surface area contributed by atoms with E-state index in [9.17, 15) is 18.3 Å². The number of ether oxygens (including phenoxy) is 1. The number of carboxylic acids is 1. The lowest BCUT2D eigenvalue weighted by Gasteiger charge is -2.42. The van der Waals surface area contributed by atoms with Crippen molar-refractivity contribution in [2.24, 2.45) is 0 Å². The summed E-state index contributed by atoms with van der Waals surface area (Å²) in [6.45, 7) is 1.16. The van der Waals surface area contributed by atoms with Crippen LogP contribution in [0.2, 0.25) is 0 Å². The minimum atomic E-state index is -3.76. The maximum Gasteiger partial charge on any atom is 0.321 e. The quantitative estimate of drug-likeness (QED) is 0.242. The number of sulfone groups is 1. The van der Waals surface area contributed by atoms with Gasteiger partial charge < -0.3 is 20.1 Å². The summed E-state index contributed by atoms with van der Waals surface area (Å²) in [5.41, 5.74) is 3.81. The first-order chi connectivity index (χ1) is 20.3. The fourth-order valence-electron chi connectivity index (χ4n) is 5.70. The van der Waals surface area contributed by atoms with Crippen LogP contribution in [0, 0.1) is 0 Å². The van der Waals surface area contributed by atoms with E-state index in [-0.39, 0.29) is 17.9 Å². The summed E-state index contributed by atoms with van der Waals surface area (Å²) in [5, 5.41) is 13.3. The van der Waals surface area contributed by atoms with Crippen molar-refractivity contribution in [3.8, 4) is 16.9 Å². The van der Waals surface area contributed by atoms with E-state index in [1.54, 1.807) is 37.4 Å². The monoisotopic (exact) mass is 584 g/mol. The van der Waals surface area contributed by atoms with Gasteiger partial charge in [0, 0.05) is 30.9 Å². The Kier molecular flexibility index (Phi) is 8.94. The maximum atomic E-state index is 14.1. The summed E-state index contributed by atoms with van der Waals surface area (Å²) in [6, 6.07) is 33.0. The molecule has 0 saturated carbocycles. The normalized spacial score (nSPS) is 15.6. The Labute approximate surface area is 247 Å². The van der Waals surface area contributed by atoms with Gasteiger partial charge in [0.2, 0.25) is 0 Å². The second-order valence-electron chi connectivity index (χ2n) is 10.7. The number of aliphatic carboxylic acids is 1. The molecule has 1 heterocycles. The van der Waals surface area contributed by atoms with E-state index in [2.05, 4.69) is 10.2 Å². The molecule has 0 amide bonds. The average Bonchev–Trinajstić information content (AvgIpc) is 3.04. The maximum absolute atomic E-state index is 14.1. The molecule has 1 fully saturated rings. The van der Waals surface area contributed by atoms with Crippen molar-refractivity contribution >= 4 is 21.5 Å². The molecule has 1 aliphatic heterocycles. The van der Waals surface area contributed by atoms with Crippen LogP contribution in [0.3, 0.4) is 0 Å². The second kappa shape index (κ2) is 12.8. The van der Waals surface area contributed by atoms with E-state index in [0.717, 1.165) is 28.1 Å². The highest BCUT2D eigenvalue weighted by Gasteiger charge is 2.47. The third-order valence-electron chi connectivity index (χ3n) is 8.20. The number of carboxylic acid groups (broad SMARTS) is 1. The number of carbonyl (C=O) groups is 1. The van der Waals surface area contributed by atoms with Crippen molar-refractivity contribution in [1.82, 2.24) is 5.32 Å². The molecule has 0 spiro atoms. The smallest absolute Gasteiger partial charge is 0.321 e. The highest BCUT2D eigenvalue weighted by atomic mass is 32.2. The van der Waals surface area contributed by atoms with Crippen molar-refractivity contribution in [2.75, 3.05) is 31.6 Å². The number of hydrogen-bond donors (Lipinski definition) is 2. The van der Waals surface area contributed by atoms with E-state index >= 15 is 0 Å². The van der Waals surface area contributed by atoms with Crippen molar-refractivity contribution in [1.29, 1.82) is 0 Å². The Balaban J connectivity index is 1.35. The van der Waals surface area contributed by atoms with Gasteiger partial charge in [-0.2, -0.15) is 0 Å². The summed E-state index contributed by atoms with van der Waals surface area (Å²) < 4.78 is 32.5. The van der Waals surface area contributed by atoms with Crippen molar-refractivity contribution in [3.63, 3.8) is 0 Å². The molecule has 4 aromatic rings. The van der Waals surface area contributed by atoms with Crippen LogP contribution < -0.4 is 15.0 Å². The molecule has 1 atom stereocenters. The van der Waals surface area contributed by atoms with Crippen molar-refractivity contribution < 1.29 is 23.1 Å². The third kappa shape index (κ3) is 6.20. The highest BCUT2D eigenvalue weighted by molar-refractivity contribution is 7.92. The molecule has 0 aliphatic carbocycles. The molecule has 0 radical (unpaired) electrons. The molecule has 8 heteroatoms. The molecule has 4 aromatic carbocycles. The van der Waals surface area contributed by atoms with Gasteiger partial charge in [-0.15, -0.1) is 0 Å². The van der Waals surface area contributed by atoms with Crippen LogP contribution in [0.15, 0.2) is 114 Å². The zero-order valence-electron chi connectivity index (χ0n) is 23.6. The molecule has 0 bridgehead atoms. The van der Waals surface area contributed by atoms with Gasteiger partial charge in [0.1, 0.15) is 11.8 Å². The van der Waals surface area contributed by atoms with Crippen LogP contribution >= 0.6 is 0 Å². The van der Waals surface area contributed by atoms with E-state index in [1.165, 1.54) is 0 Å². The summed E-state index contributed by atoms with van der Waals surface area (Å²) in [4.78, 5) is 14.8. The van der Waals surface area contributed by atoms with Gasteiger partial charge in [0.05, 0.1) is 16.8 Å². The number of piperidine rings is 1. The molecule has 5 rings (SSSR count). The standard InChI is InChI=1S/C34H36N2O5S/c1-41-32-15-9-8-14-30(32)27-18-16-26(17-19-27)24-31(33(37)38)35-25-34(42(39,40)29-12-6-3-7-13-29)20-22-36(23-21-34)28-10-4-2-5-11-28/h2-19,31,35H,20-25H2,1H3,(H,37,38)/t31-/m0/s1. The minimum Gasteiger partial charge on any atom is -0.496 e. The fourth-order valence-corrected chi connectivity index (χ4v) is 7.71. The predicted molar refractivity (Wildman–Crippen MR) is 166 cm³/mol. The number of methoxy groups -OCH3 is 1. The van der Waals surface area contributed by atoms with Crippen LogP contribution in [-0.4, -0.2) is 57.0 Å². The topological polar surface area (TPSA) is 95.9 Å². The molecule has 0 aromatic heterocycles. The Hall–Kier alpha value is -4.14. The van der Waals surface area contributed by atoms with E-state index in [0.29, 0.717) is 25.9 Å². The van der Waals surface area contributed by atoms with Gasteiger partial charge >= 0.3 is 5.97 Å². The fraction of sp³-hybridized carbons (Fsp3) is 0.265. The van der Waals surface area contributed by atoms with Crippen molar-refractivity contribution in [3.05, 3.63) is 115 Å². The molecule has 1 saturated heterocycles. The highest BCUT2D eigenvalue weighted by Crippen LogP contribution is 2.37. The molecule has 2 N–H and O–H groups in total. The molecule has 218 valence electrons. The van der Waals surface area contributed by atoms with Gasteiger partial charge in [-0.1, -0.05) is 78.9 Å². The number of rotatable bonds is 11.